The Labute approximate surface area is 115 Å². The monoisotopic (exact) mass is 258 g/mol. The first kappa shape index (κ1) is 12.5. The van der Waals surface area contributed by atoms with Crippen molar-refractivity contribution >= 4 is 11.6 Å². The molecule has 1 amide bonds. The molecule has 0 N–H and O–H groups in total. The van der Waals surface area contributed by atoms with E-state index < -0.39 is 0 Å². The molecule has 3 heteroatoms. The first-order valence-corrected chi connectivity index (χ1v) is 7.49. The minimum Gasteiger partial charge on any atom is -0.372 e. The van der Waals surface area contributed by atoms with E-state index in [0.29, 0.717) is 0 Å². The lowest BCUT2D eigenvalue weighted by Crippen LogP contribution is -2.35. The second-order valence-electron chi connectivity index (χ2n) is 5.60. The predicted molar refractivity (Wildman–Crippen MR) is 77.6 cm³/mol. The normalized spacial score (nSPS) is 19.8. The van der Waals surface area contributed by atoms with E-state index in [2.05, 4.69) is 17.0 Å². The predicted octanol–water partition coefficient (Wildman–Crippen LogP) is 2.91. The summed E-state index contributed by atoms with van der Waals surface area (Å²) in [5, 5.41) is 0. The summed E-state index contributed by atoms with van der Waals surface area (Å²) in [5.74, 6) is 0.209. The number of piperidine rings is 1. The molecule has 2 heterocycles. The molecule has 102 valence electrons. The first-order valence-electron chi connectivity index (χ1n) is 7.49. The molecule has 2 aliphatic rings. The van der Waals surface area contributed by atoms with Gasteiger partial charge in [-0.25, -0.2) is 0 Å². The van der Waals surface area contributed by atoms with Crippen molar-refractivity contribution in [1.29, 1.82) is 0 Å². The molecule has 1 aromatic rings. The van der Waals surface area contributed by atoms with Gasteiger partial charge in [0.15, 0.2) is 0 Å². The molecular formula is C16H22N2O. The Bertz CT molecular complexity index is 446. The van der Waals surface area contributed by atoms with Crippen LogP contribution < -0.4 is 4.90 Å². The summed E-state index contributed by atoms with van der Waals surface area (Å²) in [7, 11) is 0. The Morgan fingerprint density at radius 2 is 1.58 bits per heavy atom. The fraction of sp³-hybridized carbons (Fsp3) is 0.562. The van der Waals surface area contributed by atoms with Gasteiger partial charge >= 0.3 is 0 Å². The fourth-order valence-corrected chi connectivity index (χ4v) is 3.09. The van der Waals surface area contributed by atoms with E-state index in [4.69, 9.17) is 0 Å². The van der Waals surface area contributed by atoms with Crippen molar-refractivity contribution < 1.29 is 4.79 Å². The van der Waals surface area contributed by atoms with Crippen molar-refractivity contribution in [3.63, 3.8) is 0 Å². The van der Waals surface area contributed by atoms with Crippen LogP contribution in [-0.2, 0) is 0 Å². The van der Waals surface area contributed by atoms with Gasteiger partial charge in [-0.2, -0.15) is 0 Å². The van der Waals surface area contributed by atoms with Crippen molar-refractivity contribution in [1.82, 2.24) is 4.90 Å². The van der Waals surface area contributed by atoms with Gasteiger partial charge in [0.1, 0.15) is 0 Å². The van der Waals surface area contributed by atoms with Crippen molar-refractivity contribution in [3.05, 3.63) is 29.8 Å². The molecule has 0 radical (unpaired) electrons. The van der Waals surface area contributed by atoms with E-state index in [1.807, 2.05) is 17.0 Å². The van der Waals surface area contributed by atoms with E-state index in [1.54, 1.807) is 0 Å². The molecule has 0 unspecified atom stereocenters. The highest BCUT2D eigenvalue weighted by atomic mass is 16.2. The van der Waals surface area contributed by atoms with Gasteiger partial charge in [-0.1, -0.05) is 6.07 Å². The number of benzene rings is 1. The molecule has 0 aliphatic carbocycles. The first-order chi connectivity index (χ1) is 9.34. The summed E-state index contributed by atoms with van der Waals surface area (Å²) in [6.07, 6.45) is 6.10. The third-order valence-corrected chi connectivity index (χ3v) is 4.21. The number of hydrogen-bond acceptors (Lipinski definition) is 2. The standard InChI is InChI=1S/C16H22N2O/c19-16(18-11-2-1-3-12-18)14-7-6-8-15(13-14)17-9-4-5-10-17/h6-8,13H,1-5,9-12H2. The molecule has 1 aromatic carbocycles. The van der Waals surface area contributed by atoms with E-state index in [9.17, 15) is 4.79 Å². The maximum atomic E-state index is 12.5. The number of anilines is 1. The smallest absolute Gasteiger partial charge is 0.253 e. The zero-order chi connectivity index (χ0) is 13.1. The van der Waals surface area contributed by atoms with Crippen LogP contribution in [0, 0.1) is 0 Å². The minimum atomic E-state index is 0.209. The lowest BCUT2D eigenvalue weighted by molar-refractivity contribution is 0.0724. The van der Waals surface area contributed by atoms with E-state index >= 15 is 0 Å². The highest BCUT2D eigenvalue weighted by Gasteiger charge is 2.19. The minimum absolute atomic E-state index is 0.209. The topological polar surface area (TPSA) is 23.6 Å². The molecule has 0 aromatic heterocycles. The van der Waals surface area contributed by atoms with Crippen LogP contribution in [-0.4, -0.2) is 37.0 Å². The van der Waals surface area contributed by atoms with E-state index in [1.165, 1.54) is 24.9 Å². The van der Waals surface area contributed by atoms with Crippen LogP contribution in [0.15, 0.2) is 24.3 Å². The second kappa shape index (κ2) is 5.64. The number of likely N-dealkylation sites (tertiary alicyclic amines) is 1. The van der Waals surface area contributed by atoms with Gasteiger partial charge in [0.2, 0.25) is 0 Å². The van der Waals surface area contributed by atoms with Crippen LogP contribution in [0.2, 0.25) is 0 Å². The molecule has 0 spiro atoms. The average molecular weight is 258 g/mol. The third-order valence-electron chi connectivity index (χ3n) is 4.21. The molecule has 3 nitrogen and oxygen atoms in total. The lowest BCUT2D eigenvalue weighted by Gasteiger charge is -2.27. The Morgan fingerprint density at radius 1 is 0.895 bits per heavy atom. The van der Waals surface area contributed by atoms with Crippen LogP contribution in [0.3, 0.4) is 0 Å². The SMILES string of the molecule is O=C(c1cccc(N2CCCC2)c1)N1CCCCC1. The van der Waals surface area contributed by atoms with E-state index in [0.717, 1.165) is 44.6 Å². The number of rotatable bonds is 2. The molecule has 2 fully saturated rings. The highest BCUT2D eigenvalue weighted by molar-refractivity contribution is 5.95. The number of carbonyl (C=O) groups excluding carboxylic acids is 1. The maximum Gasteiger partial charge on any atom is 0.253 e. The average Bonchev–Trinajstić information content (AvgIpc) is 3.02. The highest BCUT2D eigenvalue weighted by Crippen LogP contribution is 2.22. The maximum absolute atomic E-state index is 12.5. The van der Waals surface area contributed by atoms with Gasteiger partial charge in [-0.15, -0.1) is 0 Å². The van der Waals surface area contributed by atoms with Gasteiger partial charge in [0.05, 0.1) is 0 Å². The summed E-state index contributed by atoms with van der Waals surface area (Å²) >= 11 is 0. The summed E-state index contributed by atoms with van der Waals surface area (Å²) in [6.45, 7) is 4.10. The largest absolute Gasteiger partial charge is 0.372 e. The molecule has 19 heavy (non-hydrogen) atoms. The Balaban J connectivity index is 1.76. The van der Waals surface area contributed by atoms with Crippen LogP contribution in [0.1, 0.15) is 42.5 Å². The van der Waals surface area contributed by atoms with Gasteiger partial charge < -0.3 is 9.80 Å². The molecule has 2 aliphatic heterocycles. The van der Waals surface area contributed by atoms with Crippen molar-refractivity contribution in [2.75, 3.05) is 31.1 Å². The molecule has 2 saturated heterocycles. The number of carbonyl (C=O) groups is 1. The Hall–Kier alpha value is -1.51. The van der Waals surface area contributed by atoms with Crippen molar-refractivity contribution in [2.45, 2.75) is 32.1 Å². The summed E-state index contributed by atoms with van der Waals surface area (Å²) in [6, 6.07) is 8.17. The number of amides is 1. The Kier molecular flexibility index (Phi) is 3.72. The zero-order valence-electron chi connectivity index (χ0n) is 11.5. The molecule has 0 bridgehead atoms. The van der Waals surface area contributed by atoms with Gasteiger partial charge in [-0.3, -0.25) is 4.79 Å². The number of nitrogens with zero attached hydrogens (tertiary/aromatic N) is 2. The summed E-state index contributed by atoms with van der Waals surface area (Å²) < 4.78 is 0. The van der Waals surface area contributed by atoms with Gasteiger partial charge in [-0.05, 0) is 50.3 Å². The van der Waals surface area contributed by atoms with Crippen molar-refractivity contribution in [2.24, 2.45) is 0 Å². The molecule has 0 atom stereocenters. The summed E-state index contributed by atoms with van der Waals surface area (Å²) in [5.41, 5.74) is 2.06. The lowest BCUT2D eigenvalue weighted by atomic mass is 10.1. The van der Waals surface area contributed by atoms with Crippen molar-refractivity contribution in [3.8, 4) is 0 Å². The molecular weight excluding hydrogens is 236 g/mol. The third kappa shape index (κ3) is 2.75. The van der Waals surface area contributed by atoms with Crippen LogP contribution in [0.5, 0.6) is 0 Å². The van der Waals surface area contributed by atoms with Crippen LogP contribution in [0.25, 0.3) is 0 Å². The van der Waals surface area contributed by atoms with Crippen LogP contribution >= 0.6 is 0 Å². The van der Waals surface area contributed by atoms with Gasteiger partial charge in [0, 0.05) is 37.4 Å². The zero-order valence-corrected chi connectivity index (χ0v) is 11.5. The summed E-state index contributed by atoms with van der Waals surface area (Å²) in [4.78, 5) is 16.9. The molecule has 0 saturated carbocycles. The Morgan fingerprint density at radius 3 is 2.32 bits per heavy atom. The van der Waals surface area contributed by atoms with Crippen LogP contribution in [0.4, 0.5) is 5.69 Å². The quantitative estimate of drug-likeness (QED) is 0.814. The fourth-order valence-electron chi connectivity index (χ4n) is 3.09. The van der Waals surface area contributed by atoms with Gasteiger partial charge in [0.25, 0.3) is 5.91 Å². The van der Waals surface area contributed by atoms with E-state index in [-0.39, 0.29) is 5.91 Å². The second-order valence-corrected chi connectivity index (χ2v) is 5.60. The molecule has 3 rings (SSSR count). The number of hydrogen-bond donors (Lipinski definition) is 0.